The van der Waals surface area contributed by atoms with E-state index >= 15 is 0 Å². The maximum Gasteiger partial charge on any atom is 0.320 e. The van der Waals surface area contributed by atoms with E-state index in [1.807, 2.05) is 115 Å². The number of carbonyl (C=O) groups excluding carboxylic acids is 2. The third-order valence-electron chi connectivity index (χ3n) is 8.37. The molecule has 0 fully saturated rings. The third kappa shape index (κ3) is 14.2. The van der Waals surface area contributed by atoms with Gasteiger partial charge in [0.05, 0.1) is 26.3 Å². The number of hydrogen-bond donors (Lipinski definition) is 0. The van der Waals surface area contributed by atoms with Crippen molar-refractivity contribution < 1.29 is 46.9 Å². The van der Waals surface area contributed by atoms with Crippen LogP contribution in [0.1, 0.15) is 91.5 Å². The van der Waals surface area contributed by atoms with Crippen LogP contribution in [0.15, 0.2) is 36.4 Å². The van der Waals surface area contributed by atoms with Crippen LogP contribution in [-0.2, 0) is 63.7 Å². The van der Waals surface area contributed by atoms with Gasteiger partial charge in [-0.3, -0.25) is 19.4 Å². The molecule has 2 aliphatic rings. The van der Waals surface area contributed by atoms with Crippen molar-refractivity contribution in [2.24, 2.45) is 0 Å². The molecule has 0 saturated carbocycles. The van der Waals surface area contributed by atoms with Crippen molar-refractivity contribution in [2.45, 2.75) is 170 Å². The summed E-state index contributed by atoms with van der Waals surface area (Å²) >= 11 is 0. The Hall–Kier alpha value is -2.83. The van der Waals surface area contributed by atoms with E-state index in [4.69, 9.17) is 37.3 Å². The van der Waals surface area contributed by atoms with Gasteiger partial charge in [-0.25, -0.2) is 0 Å². The smallest absolute Gasteiger partial charge is 0.320 e. The third-order valence-corrected chi connectivity index (χ3v) is 10.3. The first kappa shape index (κ1) is 45.9. The van der Waals surface area contributed by atoms with Crippen LogP contribution in [0.2, 0.25) is 39.3 Å². The van der Waals surface area contributed by atoms with Gasteiger partial charge in [0, 0.05) is 63.0 Å². The number of nitrogens with zero attached hydrogens (tertiary/aromatic N) is 2. The molecule has 0 aromatic heterocycles. The molecule has 2 aromatic rings. The molecule has 14 heteroatoms. The lowest BCUT2D eigenvalue weighted by atomic mass is 10.1. The van der Waals surface area contributed by atoms with Crippen LogP contribution >= 0.6 is 0 Å². The number of esters is 2. The molecule has 0 aliphatic carbocycles. The normalized spacial score (nSPS) is 18.0. The Morgan fingerprint density at radius 2 is 0.982 bits per heavy atom. The highest BCUT2D eigenvalue weighted by atomic mass is 28.4. The molecule has 314 valence electrons. The van der Waals surface area contributed by atoms with Crippen LogP contribution in [0, 0.1) is 0 Å². The predicted molar refractivity (Wildman–Crippen MR) is 221 cm³/mol. The van der Waals surface area contributed by atoms with E-state index in [2.05, 4.69) is 39.3 Å². The second kappa shape index (κ2) is 17.2. The molecule has 0 amide bonds. The summed E-state index contributed by atoms with van der Waals surface area (Å²) in [6.07, 6.45) is -1.71. The van der Waals surface area contributed by atoms with Gasteiger partial charge in [-0.05, 0) is 80.8 Å². The van der Waals surface area contributed by atoms with E-state index in [9.17, 15) is 9.59 Å². The summed E-state index contributed by atoms with van der Waals surface area (Å²) in [5.74, 6) is -1.13. The fourth-order valence-corrected chi connectivity index (χ4v) is 8.39. The van der Waals surface area contributed by atoms with Gasteiger partial charge in [0.15, 0.2) is 16.6 Å². The topological polar surface area (TPSA) is 114 Å². The Balaban J connectivity index is 1.93. The lowest BCUT2D eigenvalue weighted by molar-refractivity contribution is -0.183. The van der Waals surface area contributed by atoms with E-state index in [-0.39, 0.29) is 26.2 Å². The van der Waals surface area contributed by atoms with Crippen molar-refractivity contribution in [1.82, 2.24) is 9.80 Å². The second-order valence-electron chi connectivity index (χ2n) is 19.6. The van der Waals surface area contributed by atoms with Crippen molar-refractivity contribution in [3.05, 3.63) is 58.7 Å². The molecule has 0 N–H and O–H groups in total. The van der Waals surface area contributed by atoms with Gasteiger partial charge in [-0.15, -0.1) is 0 Å². The number of benzene rings is 2. The van der Waals surface area contributed by atoms with Crippen LogP contribution in [0.3, 0.4) is 0 Å². The van der Waals surface area contributed by atoms with Gasteiger partial charge in [0.25, 0.3) is 0 Å². The SMILES string of the molecule is CC(C)(C)OC(=O)CN(Cc1cccc2c1OC(C)(C)OC2)C(O[Si](C)(C)C)C(O[Si](C)(C)C)N(CC(=O)OC(C)(C)C)Cc1cccc2c1OC(C)(C)OC2. The van der Waals surface area contributed by atoms with Crippen molar-refractivity contribution in [2.75, 3.05) is 13.1 Å². The van der Waals surface area contributed by atoms with Crippen molar-refractivity contribution in [3.63, 3.8) is 0 Å². The Bertz CT molecular complexity index is 1560. The number of fused-ring (bicyclic) bond motifs is 2. The van der Waals surface area contributed by atoms with Crippen LogP contribution in [0.25, 0.3) is 0 Å². The summed E-state index contributed by atoms with van der Waals surface area (Å²) < 4.78 is 51.1. The van der Waals surface area contributed by atoms with Gasteiger partial charge in [-0.2, -0.15) is 0 Å². The minimum Gasteiger partial charge on any atom is -0.462 e. The number of rotatable bonds is 15. The van der Waals surface area contributed by atoms with Crippen molar-refractivity contribution in [3.8, 4) is 11.5 Å². The zero-order chi connectivity index (χ0) is 42.1. The zero-order valence-corrected chi connectivity index (χ0v) is 38.8. The Kier molecular flexibility index (Phi) is 14.1. The number of carbonyl (C=O) groups is 2. The maximum atomic E-state index is 13.9. The fourth-order valence-electron chi connectivity index (χ4n) is 6.41. The first-order valence-corrected chi connectivity index (χ1v) is 26.4. The summed E-state index contributed by atoms with van der Waals surface area (Å²) in [4.78, 5) is 31.8. The minimum absolute atomic E-state index is 0.128. The van der Waals surface area contributed by atoms with E-state index in [0.717, 1.165) is 22.3 Å². The van der Waals surface area contributed by atoms with E-state index < -0.39 is 63.8 Å². The molecule has 0 bridgehead atoms. The molecule has 56 heavy (non-hydrogen) atoms. The highest BCUT2D eigenvalue weighted by Crippen LogP contribution is 2.38. The average Bonchev–Trinajstić information content (AvgIpc) is 2.99. The molecule has 0 spiro atoms. The summed E-state index contributed by atoms with van der Waals surface area (Å²) in [7, 11) is -4.88. The summed E-state index contributed by atoms with van der Waals surface area (Å²) in [5, 5.41) is 0. The standard InChI is InChI=1S/C42H68N2O10Si2/c1-39(2,3)49-33(45)25-43(23-29-19-17-21-31-27-47-41(7,8)51-35(29)31)37(53-55(11,12)13)38(54-56(14,15)16)44(26-34(46)50-40(4,5)6)24-30-20-18-22-32-28-48-42(9,10)52-36(30)32/h17-22,37-38H,23-28H2,1-16H3. The quantitative estimate of drug-likeness (QED) is 0.0979. The summed E-state index contributed by atoms with van der Waals surface area (Å²) in [6.45, 7) is 32.3. The average molecular weight is 817 g/mol. The Morgan fingerprint density at radius 3 is 1.29 bits per heavy atom. The minimum atomic E-state index is -2.44. The largest absolute Gasteiger partial charge is 0.462 e. The maximum absolute atomic E-state index is 13.9. The molecule has 2 unspecified atom stereocenters. The zero-order valence-electron chi connectivity index (χ0n) is 36.8. The highest BCUT2D eigenvalue weighted by Gasteiger charge is 2.43. The van der Waals surface area contributed by atoms with Gasteiger partial charge >= 0.3 is 11.9 Å². The molecule has 0 radical (unpaired) electrons. The Morgan fingerprint density at radius 1 is 0.643 bits per heavy atom. The Labute approximate surface area is 337 Å². The van der Waals surface area contributed by atoms with E-state index in [0.29, 0.717) is 24.7 Å². The number of hydrogen-bond acceptors (Lipinski definition) is 12. The van der Waals surface area contributed by atoms with Crippen molar-refractivity contribution >= 4 is 28.6 Å². The molecular formula is C42H68N2O10Si2. The van der Waals surface area contributed by atoms with E-state index in [1.165, 1.54) is 0 Å². The van der Waals surface area contributed by atoms with Gasteiger partial charge in [-0.1, -0.05) is 36.4 Å². The molecule has 2 aromatic carbocycles. The van der Waals surface area contributed by atoms with Crippen LogP contribution in [-0.4, -0.2) is 86.7 Å². The second-order valence-corrected chi connectivity index (χ2v) is 28.5. The first-order valence-electron chi connectivity index (χ1n) is 19.6. The van der Waals surface area contributed by atoms with Crippen LogP contribution < -0.4 is 9.47 Å². The predicted octanol–water partition coefficient (Wildman–Crippen LogP) is 8.32. The number of ether oxygens (including phenoxy) is 6. The van der Waals surface area contributed by atoms with Gasteiger partial charge < -0.3 is 37.3 Å². The van der Waals surface area contributed by atoms with E-state index in [1.54, 1.807) is 0 Å². The molecule has 4 rings (SSSR count). The molecule has 0 saturated heterocycles. The number of para-hydroxylation sites is 2. The van der Waals surface area contributed by atoms with Crippen LogP contribution in [0.4, 0.5) is 0 Å². The monoisotopic (exact) mass is 816 g/mol. The molecule has 2 aliphatic heterocycles. The fraction of sp³-hybridized carbons (Fsp3) is 0.667. The first-order chi connectivity index (χ1) is 25.5. The molecule has 12 nitrogen and oxygen atoms in total. The molecule has 2 atom stereocenters. The van der Waals surface area contributed by atoms with Crippen molar-refractivity contribution in [1.29, 1.82) is 0 Å². The lowest BCUT2D eigenvalue weighted by Gasteiger charge is -2.46. The lowest BCUT2D eigenvalue weighted by Crippen LogP contribution is -2.61. The highest BCUT2D eigenvalue weighted by molar-refractivity contribution is 6.70. The molecular weight excluding hydrogens is 749 g/mol. The van der Waals surface area contributed by atoms with Gasteiger partial charge in [0.1, 0.15) is 35.2 Å². The summed E-state index contributed by atoms with van der Waals surface area (Å²) in [5.41, 5.74) is 2.06. The van der Waals surface area contributed by atoms with Crippen LogP contribution in [0.5, 0.6) is 11.5 Å². The summed E-state index contributed by atoms with van der Waals surface area (Å²) in [6, 6.07) is 11.9. The molecule has 2 heterocycles. The van der Waals surface area contributed by atoms with Gasteiger partial charge in [0.2, 0.25) is 11.6 Å².